The summed E-state index contributed by atoms with van der Waals surface area (Å²) in [4.78, 5) is 0. The Kier molecular flexibility index (Phi) is 2.69. The summed E-state index contributed by atoms with van der Waals surface area (Å²) in [5.41, 5.74) is 0. The van der Waals surface area contributed by atoms with Crippen LogP contribution < -0.4 is 5.32 Å². The lowest BCUT2D eigenvalue weighted by atomic mass is 10.2. The van der Waals surface area contributed by atoms with Crippen LogP contribution in [0, 0.1) is 5.92 Å². The van der Waals surface area contributed by atoms with E-state index in [0.717, 1.165) is 13.2 Å². The van der Waals surface area contributed by atoms with Crippen molar-refractivity contribution in [3.05, 3.63) is 0 Å². The molecule has 0 saturated carbocycles. The molecular formula is C8H17NO. The van der Waals surface area contributed by atoms with Gasteiger partial charge in [-0.05, 0) is 19.8 Å². The Morgan fingerprint density at radius 1 is 1.30 bits per heavy atom. The maximum Gasteiger partial charge on any atom is 0.0697 e. The lowest BCUT2D eigenvalue weighted by Gasteiger charge is -2.16. The van der Waals surface area contributed by atoms with Crippen LogP contribution in [0.25, 0.3) is 0 Å². The second-order valence-electron chi connectivity index (χ2n) is 3.34. The number of nitrogens with one attached hydrogen (secondary N) is 1. The van der Waals surface area contributed by atoms with Crippen molar-refractivity contribution < 1.29 is 4.74 Å². The molecule has 0 aromatic rings. The second kappa shape index (κ2) is 3.35. The summed E-state index contributed by atoms with van der Waals surface area (Å²) in [6.45, 7) is 8.49. The van der Waals surface area contributed by atoms with Crippen LogP contribution in [0.15, 0.2) is 0 Å². The highest BCUT2D eigenvalue weighted by Crippen LogP contribution is 2.07. The largest absolute Gasteiger partial charge is 0.377 e. The monoisotopic (exact) mass is 143 g/mol. The molecule has 3 atom stereocenters. The molecule has 0 radical (unpaired) electrons. The van der Waals surface area contributed by atoms with Crippen molar-refractivity contribution in [2.24, 2.45) is 5.92 Å². The lowest BCUT2D eigenvalue weighted by Crippen LogP contribution is -2.35. The maximum atomic E-state index is 5.56. The molecule has 0 bridgehead atoms. The van der Waals surface area contributed by atoms with Crippen molar-refractivity contribution in [2.75, 3.05) is 13.2 Å². The van der Waals surface area contributed by atoms with E-state index in [4.69, 9.17) is 4.74 Å². The summed E-state index contributed by atoms with van der Waals surface area (Å²) >= 11 is 0. The van der Waals surface area contributed by atoms with Gasteiger partial charge in [0.15, 0.2) is 0 Å². The molecule has 0 aromatic heterocycles. The summed E-state index contributed by atoms with van der Waals surface area (Å²) in [7, 11) is 0. The minimum atomic E-state index is 0.366. The molecule has 2 heteroatoms. The topological polar surface area (TPSA) is 21.3 Å². The van der Waals surface area contributed by atoms with Crippen LogP contribution in [0.4, 0.5) is 0 Å². The zero-order chi connectivity index (χ0) is 7.56. The van der Waals surface area contributed by atoms with Crippen molar-refractivity contribution in [1.82, 2.24) is 5.32 Å². The number of hydrogen-bond acceptors (Lipinski definition) is 2. The molecule has 1 N–H and O–H groups in total. The zero-order valence-corrected chi connectivity index (χ0v) is 7.05. The SMILES string of the molecule is CC1CNC(C)C(C)OC1. The van der Waals surface area contributed by atoms with Gasteiger partial charge in [-0.1, -0.05) is 6.92 Å². The maximum absolute atomic E-state index is 5.56. The number of rotatable bonds is 0. The number of hydrogen-bond donors (Lipinski definition) is 1. The third-order valence-corrected chi connectivity index (χ3v) is 2.14. The van der Waals surface area contributed by atoms with Crippen LogP contribution in [-0.2, 0) is 4.74 Å². The van der Waals surface area contributed by atoms with Crippen LogP contribution >= 0.6 is 0 Å². The average molecular weight is 143 g/mol. The molecular weight excluding hydrogens is 126 g/mol. The molecule has 1 saturated heterocycles. The highest BCUT2D eigenvalue weighted by Gasteiger charge is 2.18. The van der Waals surface area contributed by atoms with Gasteiger partial charge in [0.25, 0.3) is 0 Å². The van der Waals surface area contributed by atoms with Crippen LogP contribution in [0.2, 0.25) is 0 Å². The molecule has 1 fully saturated rings. The fourth-order valence-electron chi connectivity index (χ4n) is 1.07. The van der Waals surface area contributed by atoms with E-state index in [1.54, 1.807) is 0 Å². The molecule has 0 amide bonds. The third-order valence-electron chi connectivity index (χ3n) is 2.14. The minimum absolute atomic E-state index is 0.366. The van der Waals surface area contributed by atoms with Gasteiger partial charge in [0.05, 0.1) is 12.7 Å². The van der Waals surface area contributed by atoms with Crippen LogP contribution in [0.3, 0.4) is 0 Å². The van der Waals surface area contributed by atoms with E-state index >= 15 is 0 Å². The second-order valence-corrected chi connectivity index (χ2v) is 3.34. The molecule has 0 aliphatic carbocycles. The van der Waals surface area contributed by atoms with E-state index in [0.29, 0.717) is 18.1 Å². The summed E-state index contributed by atoms with van der Waals surface area (Å²) in [5.74, 6) is 0.660. The summed E-state index contributed by atoms with van der Waals surface area (Å²) < 4.78 is 5.56. The Morgan fingerprint density at radius 2 is 2.00 bits per heavy atom. The first kappa shape index (κ1) is 8.02. The third kappa shape index (κ3) is 1.96. The fourth-order valence-corrected chi connectivity index (χ4v) is 1.07. The Bertz CT molecular complexity index is 93.4. The van der Waals surface area contributed by atoms with Gasteiger partial charge in [-0.2, -0.15) is 0 Å². The Balaban J connectivity index is 2.38. The normalized spacial score (nSPS) is 42.9. The van der Waals surface area contributed by atoms with Gasteiger partial charge in [-0.25, -0.2) is 0 Å². The fraction of sp³-hybridized carbons (Fsp3) is 1.00. The predicted octanol–water partition coefficient (Wildman–Crippen LogP) is 1.02. The first-order chi connectivity index (χ1) is 4.70. The van der Waals surface area contributed by atoms with Crippen molar-refractivity contribution in [3.63, 3.8) is 0 Å². The Hall–Kier alpha value is -0.0800. The van der Waals surface area contributed by atoms with Crippen molar-refractivity contribution in [2.45, 2.75) is 32.9 Å². The molecule has 0 aromatic carbocycles. The lowest BCUT2D eigenvalue weighted by molar-refractivity contribution is 0.0473. The van der Waals surface area contributed by atoms with Crippen molar-refractivity contribution in [1.29, 1.82) is 0 Å². The number of ether oxygens (including phenoxy) is 1. The first-order valence-electron chi connectivity index (χ1n) is 4.05. The summed E-state index contributed by atoms with van der Waals surface area (Å²) in [6, 6.07) is 0.505. The van der Waals surface area contributed by atoms with E-state index < -0.39 is 0 Å². The minimum Gasteiger partial charge on any atom is -0.377 e. The van der Waals surface area contributed by atoms with Gasteiger partial charge in [0.2, 0.25) is 0 Å². The van der Waals surface area contributed by atoms with Crippen LogP contribution in [0.5, 0.6) is 0 Å². The van der Waals surface area contributed by atoms with Gasteiger partial charge < -0.3 is 10.1 Å². The standard InChI is InChI=1S/C8H17NO/c1-6-4-9-7(2)8(3)10-5-6/h6-9H,4-5H2,1-3H3. The smallest absolute Gasteiger partial charge is 0.0697 e. The van der Waals surface area contributed by atoms with E-state index in [2.05, 4.69) is 26.1 Å². The van der Waals surface area contributed by atoms with Gasteiger partial charge in [-0.3, -0.25) is 0 Å². The molecule has 1 rings (SSSR count). The highest BCUT2D eigenvalue weighted by molar-refractivity contribution is 4.73. The van der Waals surface area contributed by atoms with Gasteiger partial charge in [0.1, 0.15) is 0 Å². The van der Waals surface area contributed by atoms with E-state index in [-0.39, 0.29) is 0 Å². The highest BCUT2D eigenvalue weighted by atomic mass is 16.5. The molecule has 3 unspecified atom stereocenters. The molecule has 60 valence electrons. The average Bonchev–Trinajstić information content (AvgIpc) is 2.04. The van der Waals surface area contributed by atoms with E-state index in [9.17, 15) is 0 Å². The van der Waals surface area contributed by atoms with E-state index in [1.807, 2.05) is 0 Å². The summed E-state index contributed by atoms with van der Waals surface area (Å²) in [5, 5.41) is 3.42. The van der Waals surface area contributed by atoms with Gasteiger partial charge in [0, 0.05) is 12.6 Å². The predicted molar refractivity (Wildman–Crippen MR) is 42.0 cm³/mol. The van der Waals surface area contributed by atoms with Gasteiger partial charge >= 0.3 is 0 Å². The zero-order valence-electron chi connectivity index (χ0n) is 7.05. The van der Waals surface area contributed by atoms with Crippen LogP contribution in [-0.4, -0.2) is 25.3 Å². The van der Waals surface area contributed by atoms with Gasteiger partial charge in [-0.15, -0.1) is 0 Å². The molecule has 0 spiro atoms. The van der Waals surface area contributed by atoms with Crippen LogP contribution in [0.1, 0.15) is 20.8 Å². The Labute approximate surface area is 63.0 Å². The Morgan fingerprint density at radius 3 is 2.70 bits per heavy atom. The molecule has 1 heterocycles. The quantitative estimate of drug-likeness (QED) is 0.546. The molecule has 10 heavy (non-hydrogen) atoms. The molecule has 2 nitrogen and oxygen atoms in total. The molecule has 1 aliphatic heterocycles. The van der Waals surface area contributed by atoms with Crippen molar-refractivity contribution >= 4 is 0 Å². The molecule has 1 aliphatic rings. The first-order valence-corrected chi connectivity index (χ1v) is 4.05. The van der Waals surface area contributed by atoms with Crippen molar-refractivity contribution in [3.8, 4) is 0 Å². The summed E-state index contributed by atoms with van der Waals surface area (Å²) in [6.07, 6.45) is 0.366. The van der Waals surface area contributed by atoms with E-state index in [1.165, 1.54) is 0 Å².